The number of amides is 2. The second-order valence-corrected chi connectivity index (χ2v) is 12.3. The Bertz CT molecular complexity index is 1260. The lowest BCUT2D eigenvalue weighted by Crippen LogP contribution is -2.51. The molecular weight excluding hydrogens is 543 g/mol. The van der Waals surface area contributed by atoms with Gasteiger partial charge in [-0.2, -0.15) is 13.2 Å². The number of carbonyl (C=O) groups is 2. The Kier molecular flexibility index (Phi) is 10.6. The van der Waals surface area contributed by atoms with Crippen molar-refractivity contribution in [3.63, 3.8) is 0 Å². The van der Waals surface area contributed by atoms with Crippen LogP contribution in [0.15, 0.2) is 48.5 Å². The minimum Gasteiger partial charge on any atom is -0.352 e. The number of nitrogens with one attached hydrogen (secondary N) is 1. The molecule has 1 aliphatic rings. The van der Waals surface area contributed by atoms with Crippen molar-refractivity contribution in [3.05, 3.63) is 65.2 Å². The van der Waals surface area contributed by atoms with Gasteiger partial charge in [0.2, 0.25) is 21.8 Å². The SMILES string of the molecule is CC[C@@H](C(=O)NC1CCCC1)N(Cc1ccc(C)cc1)C(=O)CCCN(c1cccc(C(F)(F)F)c1)S(C)(=O)=O. The number of nitrogens with zero attached hydrogens (tertiary/aromatic N) is 2. The molecule has 1 N–H and O–H groups in total. The number of hydrogen-bond acceptors (Lipinski definition) is 4. The van der Waals surface area contributed by atoms with Gasteiger partial charge in [-0.3, -0.25) is 13.9 Å². The van der Waals surface area contributed by atoms with E-state index in [1.807, 2.05) is 38.1 Å². The summed E-state index contributed by atoms with van der Waals surface area (Å²) < 4.78 is 65.5. The highest BCUT2D eigenvalue weighted by Crippen LogP contribution is 2.32. The van der Waals surface area contributed by atoms with Gasteiger partial charge < -0.3 is 10.2 Å². The van der Waals surface area contributed by atoms with Gasteiger partial charge in [-0.05, 0) is 56.4 Å². The first kappa shape index (κ1) is 31.4. The number of halogens is 3. The van der Waals surface area contributed by atoms with Gasteiger partial charge in [0.1, 0.15) is 6.04 Å². The Morgan fingerprint density at radius 2 is 1.73 bits per heavy atom. The van der Waals surface area contributed by atoms with Crippen molar-refractivity contribution in [2.45, 2.75) is 83.6 Å². The van der Waals surface area contributed by atoms with Gasteiger partial charge in [0, 0.05) is 25.6 Å². The first-order valence-electron chi connectivity index (χ1n) is 13.6. The second kappa shape index (κ2) is 13.5. The molecule has 220 valence electrons. The number of rotatable bonds is 12. The van der Waals surface area contributed by atoms with Crippen molar-refractivity contribution < 1.29 is 31.2 Å². The van der Waals surface area contributed by atoms with Crippen LogP contribution in [0.4, 0.5) is 18.9 Å². The zero-order chi connectivity index (χ0) is 29.5. The molecule has 1 atom stereocenters. The molecule has 0 bridgehead atoms. The van der Waals surface area contributed by atoms with Crippen LogP contribution in [0.2, 0.25) is 0 Å². The van der Waals surface area contributed by atoms with E-state index in [0.29, 0.717) is 6.42 Å². The van der Waals surface area contributed by atoms with Gasteiger partial charge >= 0.3 is 6.18 Å². The summed E-state index contributed by atoms with van der Waals surface area (Å²) in [4.78, 5) is 28.3. The first-order chi connectivity index (χ1) is 18.8. The van der Waals surface area contributed by atoms with Crippen molar-refractivity contribution in [1.29, 1.82) is 0 Å². The maximum Gasteiger partial charge on any atom is 0.416 e. The molecule has 2 aromatic rings. The fourth-order valence-corrected chi connectivity index (χ4v) is 5.98. The zero-order valence-corrected chi connectivity index (χ0v) is 24.0. The third-order valence-electron chi connectivity index (χ3n) is 7.17. The van der Waals surface area contributed by atoms with Crippen LogP contribution >= 0.6 is 0 Å². The molecule has 11 heteroatoms. The fourth-order valence-electron chi connectivity index (χ4n) is 5.02. The highest BCUT2D eigenvalue weighted by Gasteiger charge is 2.33. The van der Waals surface area contributed by atoms with E-state index < -0.39 is 27.8 Å². The van der Waals surface area contributed by atoms with Crippen LogP contribution in [0.5, 0.6) is 0 Å². The van der Waals surface area contributed by atoms with Crippen molar-refractivity contribution in [3.8, 4) is 0 Å². The maximum atomic E-state index is 13.5. The third kappa shape index (κ3) is 8.71. The monoisotopic (exact) mass is 581 g/mol. The molecule has 0 saturated heterocycles. The van der Waals surface area contributed by atoms with E-state index in [9.17, 15) is 31.2 Å². The average Bonchev–Trinajstić information content (AvgIpc) is 3.39. The topological polar surface area (TPSA) is 86.8 Å². The summed E-state index contributed by atoms with van der Waals surface area (Å²) in [5, 5.41) is 3.08. The summed E-state index contributed by atoms with van der Waals surface area (Å²) >= 11 is 0. The summed E-state index contributed by atoms with van der Waals surface area (Å²) in [6.45, 7) is 3.82. The number of hydrogen-bond donors (Lipinski definition) is 1. The minimum absolute atomic E-state index is 0.0627. The Balaban J connectivity index is 1.77. The molecule has 1 saturated carbocycles. The molecule has 3 rings (SSSR count). The lowest BCUT2D eigenvalue weighted by atomic mass is 10.1. The van der Waals surface area contributed by atoms with Crippen LogP contribution in [-0.4, -0.2) is 50.0 Å². The summed E-state index contributed by atoms with van der Waals surface area (Å²) in [7, 11) is -3.92. The predicted octanol–water partition coefficient (Wildman–Crippen LogP) is 5.43. The van der Waals surface area contributed by atoms with Crippen LogP contribution < -0.4 is 9.62 Å². The summed E-state index contributed by atoms with van der Waals surface area (Å²) in [5.41, 5.74) is 0.831. The van der Waals surface area contributed by atoms with E-state index in [2.05, 4.69) is 5.32 Å². The quantitative estimate of drug-likeness (QED) is 0.362. The van der Waals surface area contributed by atoms with E-state index in [4.69, 9.17) is 0 Å². The first-order valence-corrected chi connectivity index (χ1v) is 15.4. The smallest absolute Gasteiger partial charge is 0.352 e. The van der Waals surface area contributed by atoms with Crippen molar-refractivity contribution in [2.24, 2.45) is 0 Å². The second-order valence-electron chi connectivity index (χ2n) is 10.4. The number of aryl methyl sites for hydroxylation is 1. The minimum atomic E-state index is -4.63. The van der Waals surface area contributed by atoms with Gasteiger partial charge in [-0.1, -0.05) is 55.7 Å². The summed E-state index contributed by atoms with van der Waals surface area (Å²) in [5.74, 6) is -0.539. The number of carbonyl (C=O) groups excluding carboxylic acids is 2. The van der Waals surface area contributed by atoms with Crippen LogP contribution in [0.25, 0.3) is 0 Å². The molecule has 0 radical (unpaired) electrons. The maximum absolute atomic E-state index is 13.5. The van der Waals surface area contributed by atoms with Crippen molar-refractivity contribution >= 4 is 27.5 Å². The van der Waals surface area contributed by atoms with Crippen LogP contribution in [0.3, 0.4) is 0 Å². The molecule has 0 spiro atoms. The normalized spacial score (nSPS) is 15.1. The highest BCUT2D eigenvalue weighted by molar-refractivity contribution is 7.92. The molecule has 2 amide bonds. The van der Waals surface area contributed by atoms with Gasteiger partial charge in [-0.25, -0.2) is 8.42 Å². The van der Waals surface area contributed by atoms with Crippen molar-refractivity contribution in [2.75, 3.05) is 17.1 Å². The third-order valence-corrected chi connectivity index (χ3v) is 8.37. The predicted molar refractivity (Wildman–Crippen MR) is 149 cm³/mol. The Morgan fingerprint density at radius 1 is 1.07 bits per heavy atom. The fraction of sp³-hybridized carbons (Fsp3) is 0.517. The Labute approximate surface area is 234 Å². The van der Waals surface area contributed by atoms with Crippen molar-refractivity contribution in [1.82, 2.24) is 10.2 Å². The summed E-state index contributed by atoms with van der Waals surface area (Å²) in [6.07, 6.45) is 0.592. The molecule has 0 aliphatic heterocycles. The molecule has 0 aromatic heterocycles. The molecular formula is C29H38F3N3O4S. The van der Waals surface area contributed by atoms with E-state index in [1.54, 1.807) is 0 Å². The molecule has 0 heterocycles. The Hall–Kier alpha value is -3.08. The average molecular weight is 582 g/mol. The van der Waals surface area contributed by atoms with E-state index >= 15 is 0 Å². The van der Waals surface area contributed by atoms with Gasteiger partial charge in [0.25, 0.3) is 0 Å². The molecule has 1 aliphatic carbocycles. The molecule has 0 unspecified atom stereocenters. The molecule has 7 nitrogen and oxygen atoms in total. The number of alkyl halides is 3. The standard InChI is InChI=1S/C29H38F3N3O4S/c1-4-26(28(37)33-24-10-5-6-11-24)34(20-22-16-14-21(2)15-17-22)27(36)13-8-18-35(40(3,38)39)25-12-7-9-23(19-25)29(30,31)32/h7,9,12,14-17,19,24,26H,4-6,8,10-11,13,18,20H2,1-3H3,(H,33,37)/t26-/m0/s1. The number of benzene rings is 2. The number of sulfonamides is 1. The van der Waals surface area contributed by atoms with Gasteiger partial charge in [0.15, 0.2) is 0 Å². The largest absolute Gasteiger partial charge is 0.416 e. The molecule has 1 fully saturated rings. The van der Waals surface area contributed by atoms with E-state index in [1.165, 1.54) is 11.0 Å². The summed E-state index contributed by atoms with van der Waals surface area (Å²) in [6, 6.07) is 11.1. The zero-order valence-electron chi connectivity index (χ0n) is 23.2. The van der Waals surface area contributed by atoms with Crippen LogP contribution in [0, 0.1) is 6.92 Å². The molecule has 2 aromatic carbocycles. The van der Waals surface area contributed by atoms with Crippen LogP contribution in [-0.2, 0) is 32.3 Å². The Morgan fingerprint density at radius 3 is 2.30 bits per heavy atom. The lowest BCUT2D eigenvalue weighted by Gasteiger charge is -2.32. The molecule has 40 heavy (non-hydrogen) atoms. The van der Waals surface area contributed by atoms with Gasteiger partial charge in [0.05, 0.1) is 17.5 Å². The number of anilines is 1. The van der Waals surface area contributed by atoms with E-state index in [0.717, 1.165) is 65.6 Å². The lowest BCUT2D eigenvalue weighted by molar-refractivity contribution is -0.141. The highest BCUT2D eigenvalue weighted by atomic mass is 32.2. The van der Waals surface area contributed by atoms with E-state index in [-0.39, 0.29) is 49.5 Å². The van der Waals surface area contributed by atoms with Crippen LogP contribution in [0.1, 0.15) is 68.6 Å². The van der Waals surface area contributed by atoms with Gasteiger partial charge in [-0.15, -0.1) is 0 Å².